The van der Waals surface area contributed by atoms with Crippen molar-refractivity contribution in [1.29, 1.82) is 0 Å². The average molecular weight is 621 g/mol. The van der Waals surface area contributed by atoms with E-state index < -0.39 is 45.8 Å². The number of hydrogen-bond acceptors (Lipinski definition) is 8. The van der Waals surface area contributed by atoms with E-state index in [0.717, 1.165) is 18.3 Å². The first kappa shape index (κ1) is 28.9. The number of pyridine rings is 1. The molecule has 1 amide bonds. The lowest BCUT2D eigenvalue weighted by Gasteiger charge is -2.27. The number of ether oxygens (including phenoxy) is 1. The maximum absolute atomic E-state index is 15.6. The first-order valence-corrected chi connectivity index (χ1v) is 14.4. The Kier molecular flexibility index (Phi) is 7.07. The third-order valence-electron chi connectivity index (χ3n) is 7.58. The zero-order chi connectivity index (χ0) is 30.7. The van der Waals surface area contributed by atoms with Crippen molar-refractivity contribution in [2.75, 3.05) is 31.3 Å². The molecule has 0 bridgehead atoms. The van der Waals surface area contributed by atoms with Crippen molar-refractivity contribution in [2.24, 2.45) is 5.92 Å². The Bertz CT molecular complexity index is 1850. The molecule has 0 spiro atoms. The van der Waals surface area contributed by atoms with Crippen molar-refractivity contribution in [1.82, 2.24) is 28.4 Å². The number of hydrogen-bond donors (Lipinski definition) is 3. The molecule has 1 aromatic carbocycles. The highest BCUT2D eigenvalue weighted by molar-refractivity contribution is 7.87. The number of imidazole rings is 1. The Morgan fingerprint density at radius 1 is 1.14 bits per heavy atom. The fourth-order valence-electron chi connectivity index (χ4n) is 5.61. The molecule has 1 unspecified atom stereocenters. The van der Waals surface area contributed by atoms with E-state index in [1.165, 1.54) is 29.7 Å². The number of rotatable bonds is 6. The number of nitrogens with two attached hydrogens (primary N) is 1. The number of anilines is 2. The molecule has 0 aliphatic carbocycles. The minimum absolute atomic E-state index is 0.0117. The van der Waals surface area contributed by atoms with Gasteiger partial charge in [0.05, 0.1) is 30.9 Å². The molecule has 2 saturated heterocycles. The lowest BCUT2D eigenvalue weighted by Crippen LogP contribution is -2.45. The molecule has 2 fully saturated rings. The number of nitrogen functional groups attached to an aromatic ring is 1. The summed E-state index contributed by atoms with van der Waals surface area (Å²) in [4.78, 5) is 25.2. The molecule has 0 radical (unpaired) electrons. The molecule has 3 aromatic heterocycles. The predicted octanol–water partition coefficient (Wildman–Crippen LogP) is 3.01. The summed E-state index contributed by atoms with van der Waals surface area (Å²) in [7, 11) is -2.62. The zero-order valence-electron chi connectivity index (χ0n) is 22.3. The van der Waals surface area contributed by atoms with Crippen LogP contribution in [0.25, 0.3) is 16.8 Å². The number of fused-ring (bicyclic) bond motifs is 2. The van der Waals surface area contributed by atoms with Gasteiger partial charge in [-0.1, -0.05) is 0 Å². The van der Waals surface area contributed by atoms with Gasteiger partial charge in [-0.15, -0.1) is 0 Å². The Morgan fingerprint density at radius 2 is 1.93 bits per heavy atom. The van der Waals surface area contributed by atoms with Crippen molar-refractivity contribution >= 4 is 33.3 Å². The first-order chi connectivity index (χ1) is 20.4. The van der Waals surface area contributed by atoms with Gasteiger partial charge in [0.2, 0.25) is 0 Å². The number of carbonyl (C=O) groups is 1. The highest BCUT2D eigenvalue weighted by atomic mass is 32.2. The van der Waals surface area contributed by atoms with E-state index in [4.69, 9.17) is 10.5 Å². The third-order valence-corrected chi connectivity index (χ3v) is 9.18. The van der Waals surface area contributed by atoms with E-state index in [2.05, 4.69) is 25.0 Å². The molecule has 2 aliphatic rings. The van der Waals surface area contributed by atoms with Crippen molar-refractivity contribution in [3.05, 3.63) is 71.7 Å². The molecule has 5 heterocycles. The van der Waals surface area contributed by atoms with Crippen LogP contribution in [-0.4, -0.2) is 64.3 Å². The molecule has 3 atom stereocenters. The molecular formula is C26H24F4N8O4S. The van der Waals surface area contributed by atoms with Gasteiger partial charge < -0.3 is 15.8 Å². The Labute approximate surface area is 242 Å². The van der Waals surface area contributed by atoms with Gasteiger partial charge in [0.25, 0.3) is 16.1 Å². The van der Waals surface area contributed by atoms with Crippen LogP contribution in [0.15, 0.2) is 48.9 Å². The highest BCUT2D eigenvalue weighted by Crippen LogP contribution is 2.45. The Balaban J connectivity index is 1.37. The number of amides is 1. The van der Waals surface area contributed by atoms with Gasteiger partial charge in [-0.2, -0.15) is 25.9 Å². The summed E-state index contributed by atoms with van der Waals surface area (Å²) in [6.45, 7) is 0.598. The summed E-state index contributed by atoms with van der Waals surface area (Å²) >= 11 is 0. The van der Waals surface area contributed by atoms with Gasteiger partial charge in [0.15, 0.2) is 0 Å². The lowest BCUT2D eigenvalue weighted by atomic mass is 10.0. The standard InChI is InChI=1S/C26H24F4N8O4S/c1-32-43(40,41)38-18(9-14-11-42-12-19(14)38)24-36-21(22-23(31)34-6-7-37(22)24)16-3-2-13(8-17(16)27)25(39)35-20-10-15(4-5-33-20)26(28,29)30/h2-8,10,14,18-19,32H,9,11-12H2,1H3,(H2,31,34)(H,33,35,39)/t14?,18-,19+/m0/s1. The second kappa shape index (κ2) is 10.5. The van der Waals surface area contributed by atoms with Crippen LogP contribution >= 0.6 is 0 Å². The average Bonchev–Trinajstić information content (AvgIpc) is 3.66. The van der Waals surface area contributed by atoms with E-state index in [-0.39, 0.29) is 46.5 Å². The van der Waals surface area contributed by atoms with E-state index in [0.29, 0.717) is 24.9 Å². The smallest absolute Gasteiger partial charge is 0.382 e. The third kappa shape index (κ3) is 5.07. The second-order valence-electron chi connectivity index (χ2n) is 10.1. The predicted molar refractivity (Wildman–Crippen MR) is 145 cm³/mol. The summed E-state index contributed by atoms with van der Waals surface area (Å²) in [5.41, 5.74) is 5.24. The normalized spacial score (nSPS) is 20.9. The molecule has 6 rings (SSSR count). The largest absolute Gasteiger partial charge is 0.416 e. The van der Waals surface area contributed by atoms with Crippen LogP contribution in [0, 0.1) is 11.7 Å². The van der Waals surface area contributed by atoms with Crippen molar-refractivity contribution in [3.8, 4) is 11.3 Å². The minimum Gasteiger partial charge on any atom is -0.382 e. The maximum Gasteiger partial charge on any atom is 0.416 e. The van der Waals surface area contributed by atoms with Crippen LogP contribution in [0.4, 0.5) is 29.2 Å². The van der Waals surface area contributed by atoms with Gasteiger partial charge >= 0.3 is 6.18 Å². The Morgan fingerprint density at radius 3 is 2.65 bits per heavy atom. The van der Waals surface area contributed by atoms with Gasteiger partial charge in [-0.25, -0.2) is 24.1 Å². The van der Waals surface area contributed by atoms with Gasteiger partial charge in [0.1, 0.15) is 34.5 Å². The molecule has 12 nitrogen and oxygen atoms in total. The molecule has 4 N–H and O–H groups in total. The molecule has 2 aliphatic heterocycles. The molecule has 226 valence electrons. The van der Waals surface area contributed by atoms with Crippen LogP contribution in [0.1, 0.15) is 34.2 Å². The van der Waals surface area contributed by atoms with E-state index in [1.54, 1.807) is 10.6 Å². The number of halogens is 4. The van der Waals surface area contributed by atoms with Crippen molar-refractivity contribution in [2.45, 2.75) is 24.7 Å². The van der Waals surface area contributed by atoms with Gasteiger partial charge in [-0.05, 0) is 36.8 Å². The van der Waals surface area contributed by atoms with E-state index >= 15 is 4.39 Å². The first-order valence-electron chi connectivity index (χ1n) is 13.0. The maximum atomic E-state index is 15.6. The summed E-state index contributed by atoms with van der Waals surface area (Å²) < 4.78 is 91.7. The SMILES string of the molecule is CNS(=O)(=O)N1[C@@H]2COCC2C[C@H]1c1nc(-c2ccc(C(=O)Nc3cc(C(F)(F)F)ccn3)cc2F)c2c(N)nccn12. The number of carbonyl (C=O) groups excluding carboxylic acids is 1. The number of alkyl halides is 3. The molecule has 43 heavy (non-hydrogen) atoms. The van der Waals surface area contributed by atoms with Crippen LogP contribution in [-0.2, 0) is 21.1 Å². The second-order valence-corrected chi connectivity index (χ2v) is 11.9. The number of aromatic nitrogens is 4. The zero-order valence-corrected chi connectivity index (χ0v) is 23.2. The molecule has 0 saturated carbocycles. The summed E-state index contributed by atoms with van der Waals surface area (Å²) in [5.74, 6) is -1.90. The number of nitrogens with one attached hydrogen (secondary N) is 2. The summed E-state index contributed by atoms with van der Waals surface area (Å²) in [5, 5.41) is 2.24. The quantitative estimate of drug-likeness (QED) is 0.278. The highest BCUT2D eigenvalue weighted by Gasteiger charge is 2.51. The van der Waals surface area contributed by atoms with Crippen LogP contribution in [0.2, 0.25) is 0 Å². The van der Waals surface area contributed by atoms with E-state index in [9.17, 15) is 26.4 Å². The fraction of sp³-hybridized carbons (Fsp3) is 0.308. The topological polar surface area (TPSA) is 157 Å². The lowest BCUT2D eigenvalue weighted by molar-refractivity contribution is -0.137. The number of benzene rings is 1. The molecule has 17 heteroatoms. The van der Waals surface area contributed by atoms with Crippen molar-refractivity contribution in [3.63, 3.8) is 0 Å². The number of nitrogens with zero attached hydrogens (tertiary/aromatic N) is 5. The van der Waals surface area contributed by atoms with Gasteiger partial charge in [0, 0.05) is 42.7 Å². The fourth-order valence-corrected chi connectivity index (χ4v) is 6.92. The minimum atomic E-state index is -4.64. The van der Waals surface area contributed by atoms with Crippen molar-refractivity contribution < 1.29 is 35.5 Å². The molecular weight excluding hydrogens is 596 g/mol. The van der Waals surface area contributed by atoms with Crippen LogP contribution in [0.3, 0.4) is 0 Å². The van der Waals surface area contributed by atoms with Crippen LogP contribution < -0.4 is 15.8 Å². The summed E-state index contributed by atoms with van der Waals surface area (Å²) in [6, 6.07) is 3.73. The van der Waals surface area contributed by atoms with E-state index in [1.807, 2.05) is 0 Å². The van der Waals surface area contributed by atoms with Gasteiger partial charge in [-0.3, -0.25) is 9.20 Å². The monoisotopic (exact) mass is 620 g/mol. The Hall–Kier alpha value is -4.19. The summed E-state index contributed by atoms with van der Waals surface area (Å²) in [6.07, 6.45) is -0.377. The molecule has 4 aromatic rings. The van der Waals surface area contributed by atoms with Crippen LogP contribution in [0.5, 0.6) is 0 Å².